The van der Waals surface area contributed by atoms with E-state index in [1.807, 2.05) is 0 Å². The molecule has 0 aliphatic carbocycles. The van der Waals surface area contributed by atoms with E-state index in [2.05, 4.69) is 10.6 Å². The van der Waals surface area contributed by atoms with Crippen LogP contribution < -0.4 is 16.1 Å². The number of benzene rings is 1. The first-order valence-electron chi connectivity index (χ1n) is 6.02. The fraction of sp³-hybridized carbons (Fsp3) is 0.364. The van der Waals surface area contributed by atoms with Crippen molar-refractivity contribution in [1.29, 1.82) is 0 Å². The van der Waals surface area contributed by atoms with Crippen LogP contribution in [-0.4, -0.2) is 48.3 Å². The molecular weight excluding hydrogens is 315 g/mol. The van der Waals surface area contributed by atoms with Gasteiger partial charge in [0.1, 0.15) is 0 Å². The minimum atomic E-state index is -3.38. The van der Waals surface area contributed by atoms with Gasteiger partial charge >= 0.3 is 7.59 Å². The highest BCUT2D eigenvalue weighted by Gasteiger charge is 2.30. The number of carbonyl (C=O) groups is 1. The van der Waals surface area contributed by atoms with E-state index in [1.54, 1.807) is 62.5 Å². The lowest BCUT2D eigenvalue weighted by Crippen LogP contribution is -2.49. The second-order valence-electron chi connectivity index (χ2n) is 4.67. The smallest absolute Gasteiger partial charge is 0.314 e. The zero-order valence-corrected chi connectivity index (χ0v) is 14.0. The number of halogens is 1. The summed E-state index contributed by atoms with van der Waals surface area (Å²) in [5, 5.41) is 5.26. The summed E-state index contributed by atoms with van der Waals surface area (Å²) in [7, 11) is 3.52. The Kier molecular flexibility index (Phi) is 6.30. The molecule has 0 aliphatic rings. The molecule has 1 unspecified atom stereocenters. The van der Waals surface area contributed by atoms with Gasteiger partial charge in [-0.2, -0.15) is 5.20 Å². The van der Waals surface area contributed by atoms with Crippen LogP contribution in [0.1, 0.15) is 10.4 Å². The molecule has 1 rings (SSSR count). The maximum Gasteiger partial charge on any atom is 0.323 e. The van der Waals surface area contributed by atoms with Gasteiger partial charge in [-0.05, 0) is 35.9 Å². The molecule has 0 amide bonds. The highest BCUT2D eigenvalue weighted by molar-refractivity contribution is 7.56. The van der Waals surface area contributed by atoms with Gasteiger partial charge < -0.3 is 5.43 Å². The molecule has 0 aliphatic heterocycles. The predicted octanol–water partition coefficient (Wildman–Crippen LogP) is 1.30. The average Bonchev–Trinajstić information content (AvgIpc) is 2.35. The summed E-state index contributed by atoms with van der Waals surface area (Å²) in [5.41, 5.74) is 9.57. The number of hydrogen-bond acceptors (Lipinski definition) is 5. The molecule has 8 nitrogen and oxygen atoms in total. The Morgan fingerprint density at radius 1 is 1.14 bits per heavy atom. The number of nitrogens with two attached hydrogens (primary N) is 1. The van der Waals surface area contributed by atoms with Crippen molar-refractivity contribution >= 4 is 30.1 Å². The molecule has 0 fully saturated rings. The Bertz CT molecular complexity index is 528. The summed E-state index contributed by atoms with van der Waals surface area (Å²) in [6, 6.07) is 6.35. The van der Waals surface area contributed by atoms with Crippen molar-refractivity contribution in [2.24, 2.45) is 5.50 Å². The van der Waals surface area contributed by atoms with Crippen LogP contribution in [0.15, 0.2) is 24.3 Å². The van der Waals surface area contributed by atoms with Crippen molar-refractivity contribution in [3.8, 4) is 0 Å². The van der Waals surface area contributed by atoms with Crippen LogP contribution in [0, 0.1) is 0 Å². The molecule has 10 heteroatoms. The first-order valence-corrected chi connectivity index (χ1v) is 8.12. The van der Waals surface area contributed by atoms with Crippen molar-refractivity contribution in [2.75, 3.05) is 33.6 Å². The SMILES string of the molecule is CN(C)N(N(C)C)P(N)(=O)NNc1ccc(C(=O)Cl)cc1. The fourth-order valence-electron chi connectivity index (χ4n) is 1.76. The number of rotatable bonds is 7. The minimum absolute atomic E-state index is 0.376. The Labute approximate surface area is 129 Å². The third-order valence-electron chi connectivity index (χ3n) is 2.45. The number of nitrogens with zero attached hydrogens (tertiary/aromatic N) is 3. The van der Waals surface area contributed by atoms with Crippen molar-refractivity contribution in [1.82, 2.24) is 20.1 Å². The lowest BCUT2D eigenvalue weighted by Gasteiger charge is -2.37. The van der Waals surface area contributed by atoms with E-state index in [4.69, 9.17) is 17.1 Å². The summed E-state index contributed by atoms with van der Waals surface area (Å²) < 4.78 is 12.5. The summed E-state index contributed by atoms with van der Waals surface area (Å²) in [6.07, 6.45) is 0. The van der Waals surface area contributed by atoms with Gasteiger partial charge in [0, 0.05) is 39.4 Å². The normalized spacial score (nSPS) is 14.5. The van der Waals surface area contributed by atoms with E-state index in [9.17, 15) is 9.36 Å². The van der Waals surface area contributed by atoms with Crippen LogP contribution >= 0.6 is 19.2 Å². The largest absolute Gasteiger partial charge is 0.323 e. The van der Waals surface area contributed by atoms with Crippen molar-refractivity contribution < 1.29 is 9.36 Å². The summed E-state index contributed by atoms with van der Waals surface area (Å²) >= 11 is 5.36. The van der Waals surface area contributed by atoms with Crippen LogP contribution in [0.2, 0.25) is 0 Å². The molecule has 1 aromatic carbocycles. The van der Waals surface area contributed by atoms with Crippen LogP contribution in [0.5, 0.6) is 0 Å². The first-order chi connectivity index (χ1) is 9.65. The number of anilines is 1. The number of nitrogens with one attached hydrogen (secondary N) is 2. The molecule has 0 bridgehead atoms. The zero-order chi connectivity index (χ0) is 16.2. The molecule has 0 aromatic heterocycles. The average molecular weight is 335 g/mol. The van der Waals surface area contributed by atoms with Crippen molar-refractivity contribution in [2.45, 2.75) is 0 Å². The van der Waals surface area contributed by atoms with Gasteiger partial charge in [0.05, 0.1) is 0 Å². The molecule has 1 atom stereocenters. The Morgan fingerprint density at radius 2 is 1.62 bits per heavy atom. The van der Waals surface area contributed by atoms with E-state index in [-0.39, 0.29) is 0 Å². The minimum Gasteiger partial charge on any atom is -0.314 e. The first kappa shape index (κ1) is 18.1. The lowest BCUT2D eigenvalue weighted by atomic mass is 10.2. The van der Waals surface area contributed by atoms with Gasteiger partial charge in [0.25, 0.3) is 5.24 Å². The summed E-state index contributed by atoms with van der Waals surface area (Å²) in [5.74, 6) is 0. The predicted molar refractivity (Wildman–Crippen MR) is 84.4 cm³/mol. The molecule has 0 saturated carbocycles. The molecule has 4 N–H and O–H groups in total. The second-order valence-corrected chi connectivity index (χ2v) is 6.84. The van der Waals surface area contributed by atoms with E-state index in [0.717, 1.165) is 0 Å². The summed E-state index contributed by atoms with van der Waals surface area (Å²) in [4.78, 5) is 12.3. The monoisotopic (exact) mass is 334 g/mol. The van der Waals surface area contributed by atoms with Gasteiger partial charge in [-0.3, -0.25) is 14.9 Å². The number of carbonyl (C=O) groups excluding carboxylic acids is 1. The van der Waals surface area contributed by atoms with E-state index in [0.29, 0.717) is 11.3 Å². The molecule has 0 saturated heterocycles. The summed E-state index contributed by atoms with van der Waals surface area (Å²) in [6.45, 7) is 0. The van der Waals surface area contributed by atoms with Crippen LogP contribution in [-0.2, 0) is 4.57 Å². The number of hydrogen-bond donors (Lipinski definition) is 3. The van der Waals surface area contributed by atoms with Gasteiger partial charge in [-0.25, -0.2) is 10.0 Å². The molecule has 0 radical (unpaired) electrons. The number of hydrazine groups is 3. The van der Waals surface area contributed by atoms with Crippen molar-refractivity contribution in [3.05, 3.63) is 29.8 Å². The highest BCUT2D eigenvalue weighted by atomic mass is 35.5. The second kappa shape index (κ2) is 7.33. The third-order valence-corrected chi connectivity index (χ3v) is 4.35. The molecular formula is C11H20ClN6O2P. The fourth-order valence-corrected chi connectivity index (χ4v) is 3.33. The van der Waals surface area contributed by atoms with Gasteiger partial charge in [-0.1, -0.05) is 4.89 Å². The molecule has 118 valence electrons. The quantitative estimate of drug-likeness (QED) is 0.390. The Hall–Kier alpha value is -0.990. The molecule has 1 aromatic rings. The molecule has 0 spiro atoms. The van der Waals surface area contributed by atoms with Crippen molar-refractivity contribution in [3.63, 3.8) is 0 Å². The lowest BCUT2D eigenvalue weighted by molar-refractivity contribution is -0.0489. The standard InChI is InChI=1S/C11H20ClN6O2P/c1-16(2)18(17(3)4)21(13,20)15-14-10-7-5-9(6-8-10)11(12)19/h5-8,14H,1-4H3,(H3,13,15,20). The van der Waals surface area contributed by atoms with Crippen LogP contribution in [0.3, 0.4) is 0 Å². The molecule has 0 heterocycles. The van der Waals surface area contributed by atoms with E-state index in [1.165, 1.54) is 4.89 Å². The van der Waals surface area contributed by atoms with Crippen LogP contribution in [0.25, 0.3) is 0 Å². The molecule has 21 heavy (non-hydrogen) atoms. The van der Waals surface area contributed by atoms with E-state index < -0.39 is 12.8 Å². The topological polar surface area (TPSA) is 93.9 Å². The maximum atomic E-state index is 12.5. The highest BCUT2D eigenvalue weighted by Crippen LogP contribution is 2.37. The van der Waals surface area contributed by atoms with Gasteiger partial charge in [-0.15, -0.1) is 0 Å². The van der Waals surface area contributed by atoms with Gasteiger partial charge in [0.15, 0.2) is 0 Å². The Balaban J connectivity index is 2.76. The maximum absolute atomic E-state index is 12.5. The Morgan fingerprint density at radius 3 is 2.00 bits per heavy atom. The third kappa shape index (κ3) is 5.05. The van der Waals surface area contributed by atoms with Crippen LogP contribution in [0.4, 0.5) is 5.69 Å². The zero-order valence-electron chi connectivity index (χ0n) is 12.4. The van der Waals surface area contributed by atoms with Gasteiger partial charge in [0.2, 0.25) is 0 Å². The van der Waals surface area contributed by atoms with E-state index >= 15 is 0 Å².